The number of rotatable bonds is 2. The van der Waals surface area contributed by atoms with Crippen LogP contribution in [0, 0.1) is 5.92 Å². The summed E-state index contributed by atoms with van der Waals surface area (Å²) in [5, 5.41) is 6.41. The normalized spacial score (nSPS) is 27.2. The Hall–Kier alpha value is -0.810. The third kappa shape index (κ3) is 3.14. The highest BCUT2D eigenvalue weighted by Crippen LogP contribution is 2.31. The van der Waals surface area contributed by atoms with Crippen molar-refractivity contribution in [1.82, 2.24) is 10.6 Å². The number of hydrogen-bond acceptors (Lipinski definition) is 4. The second kappa shape index (κ2) is 5.05. The lowest BCUT2D eigenvalue weighted by Crippen LogP contribution is -2.68. The molecule has 18 heavy (non-hydrogen) atoms. The Balaban J connectivity index is 1.93. The molecule has 2 heterocycles. The van der Waals surface area contributed by atoms with Crippen LogP contribution >= 0.6 is 0 Å². The van der Waals surface area contributed by atoms with Gasteiger partial charge in [0.1, 0.15) is 5.60 Å². The second-order valence-electron chi connectivity index (χ2n) is 6.32. The Bertz CT molecular complexity index is 302. The molecule has 2 N–H and O–H groups in total. The van der Waals surface area contributed by atoms with E-state index in [0.717, 1.165) is 25.9 Å². The van der Waals surface area contributed by atoms with Crippen LogP contribution in [0.15, 0.2) is 0 Å². The maximum absolute atomic E-state index is 11.9. The summed E-state index contributed by atoms with van der Waals surface area (Å²) in [6.45, 7) is 8.83. The third-order valence-electron chi connectivity index (χ3n) is 3.55. The van der Waals surface area contributed by atoms with Crippen LogP contribution in [0.5, 0.6) is 0 Å². The summed E-state index contributed by atoms with van der Waals surface area (Å²) in [6, 6.07) is 0. The van der Waals surface area contributed by atoms with Gasteiger partial charge in [0, 0.05) is 6.54 Å². The summed E-state index contributed by atoms with van der Waals surface area (Å²) < 4.78 is 10.7. The molecule has 1 amide bonds. The van der Waals surface area contributed by atoms with Gasteiger partial charge in [0.2, 0.25) is 0 Å². The zero-order chi connectivity index (χ0) is 13.2. The van der Waals surface area contributed by atoms with Gasteiger partial charge in [-0.05, 0) is 46.1 Å². The number of nitrogens with one attached hydrogen (secondary N) is 2. The van der Waals surface area contributed by atoms with Crippen LogP contribution in [-0.4, -0.2) is 43.5 Å². The number of alkyl carbamates (subject to hydrolysis) is 1. The monoisotopic (exact) mass is 256 g/mol. The minimum atomic E-state index is -0.458. The van der Waals surface area contributed by atoms with Crippen molar-refractivity contribution in [2.75, 3.05) is 26.3 Å². The van der Waals surface area contributed by atoms with Crippen molar-refractivity contribution in [3.05, 3.63) is 0 Å². The molecule has 0 aromatic carbocycles. The van der Waals surface area contributed by atoms with Crippen molar-refractivity contribution in [2.24, 2.45) is 5.92 Å². The Kier molecular flexibility index (Phi) is 3.82. The van der Waals surface area contributed by atoms with E-state index >= 15 is 0 Å². The summed E-state index contributed by atoms with van der Waals surface area (Å²) in [5.74, 6) is 0.438. The van der Waals surface area contributed by atoms with Crippen molar-refractivity contribution in [3.63, 3.8) is 0 Å². The summed E-state index contributed by atoms with van der Waals surface area (Å²) in [6.07, 6.45) is 1.95. The van der Waals surface area contributed by atoms with E-state index in [1.54, 1.807) is 0 Å². The molecule has 0 aliphatic carbocycles. The van der Waals surface area contributed by atoms with Crippen molar-refractivity contribution >= 4 is 6.09 Å². The molecule has 0 radical (unpaired) electrons. The summed E-state index contributed by atoms with van der Waals surface area (Å²) in [4.78, 5) is 11.9. The number of piperidine rings is 1. The van der Waals surface area contributed by atoms with Gasteiger partial charge in [-0.15, -0.1) is 0 Å². The number of amides is 1. The molecule has 0 spiro atoms. The van der Waals surface area contributed by atoms with E-state index in [0.29, 0.717) is 19.1 Å². The van der Waals surface area contributed by atoms with E-state index in [9.17, 15) is 4.79 Å². The Morgan fingerprint density at radius 2 is 2.17 bits per heavy atom. The highest BCUT2D eigenvalue weighted by Gasteiger charge is 2.47. The average Bonchev–Trinajstić information content (AvgIpc) is 2.22. The van der Waals surface area contributed by atoms with Gasteiger partial charge in [-0.2, -0.15) is 0 Å². The minimum absolute atomic E-state index is 0.226. The van der Waals surface area contributed by atoms with Crippen LogP contribution in [0.2, 0.25) is 0 Å². The topological polar surface area (TPSA) is 59.6 Å². The first-order chi connectivity index (χ1) is 8.41. The van der Waals surface area contributed by atoms with Crippen LogP contribution in [0.4, 0.5) is 4.79 Å². The molecule has 2 fully saturated rings. The molecule has 5 nitrogen and oxygen atoms in total. The average molecular weight is 256 g/mol. The second-order valence-corrected chi connectivity index (χ2v) is 6.32. The number of ether oxygens (including phenoxy) is 2. The quantitative estimate of drug-likeness (QED) is 0.781. The predicted octanol–water partition coefficient (Wildman–Crippen LogP) is 1.28. The zero-order valence-electron chi connectivity index (χ0n) is 11.5. The molecule has 0 aromatic heterocycles. The molecule has 104 valence electrons. The fourth-order valence-electron chi connectivity index (χ4n) is 2.56. The number of hydrogen-bond donors (Lipinski definition) is 2. The third-order valence-corrected chi connectivity index (χ3v) is 3.55. The van der Waals surface area contributed by atoms with Crippen LogP contribution in [0.3, 0.4) is 0 Å². The van der Waals surface area contributed by atoms with Crippen LogP contribution in [-0.2, 0) is 9.47 Å². The first-order valence-corrected chi connectivity index (χ1v) is 6.71. The first kappa shape index (κ1) is 13.6. The maximum Gasteiger partial charge on any atom is 0.408 e. The molecule has 0 bridgehead atoms. The van der Waals surface area contributed by atoms with Gasteiger partial charge < -0.3 is 20.1 Å². The summed E-state index contributed by atoms with van der Waals surface area (Å²) in [7, 11) is 0. The molecule has 5 heteroatoms. The molecular formula is C13H24N2O3. The van der Waals surface area contributed by atoms with Crippen LogP contribution in [0.1, 0.15) is 33.6 Å². The van der Waals surface area contributed by atoms with Gasteiger partial charge >= 0.3 is 6.09 Å². The molecule has 2 rings (SSSR count). The first-order valence-electron chi connectivity index (χ1n) is 6.71. The smallest absolute Gasteiger partial charge is 0.408 e. The molecule has 2 aliphatic heterocycles. The minimum Gasteiger partial charge on any atom is -0.444 e. The Morgan fingerprint density at radius 1 is 1.44 bits per heavy atom. The zero-order valence-corrected chi connectivity index (χ0v) is 11.5. The molecule has 0 aromatic rings. The molecular weight excluding hydrogens is 232 g/mol. The summed E-state index contributed by atoms with van der Waals surface area (Å²) in [5.41, 5.74) is -0.684. The molecule has 2 saturated heterocycles. The highest BCUT2D eigenvalue weighted by molar-refractivity contribution is 5.69. The Morgan fingerprint density at radius 3 is 2.61 bits per heavy atom. The van der Waals surface area contributed by atoms with Crippen molar-refractivity contribution < 1.29 is 14.3 Å². The van der Waals surface area contributed by atoms with Gasteiger partial charge in [-0.1, -0.05) is 0 Å². The standard InChI is InChI=1S/C13H24N2O3/c1-12(2,3)18-11(16)15-13(8-17-9-13)10-5-4-6-14-7-10/h10,14H,4-9H2,1-3H3,(H,15,16). The molecule has 2 aliphatic rings. The highest BCUT2D eigenvalue weighted by atomic mass is 16.6. The largest absolute Gasteiger partial charge is 0.444 e. The van der Waals surface area contributed by atoms with Crippen molar-refractivity contribution in [3.8, 4) is 0 Å². The molecule has 1 atom stereocenters. The van der Waals surface area contributed by atoms with Gasteiger partial charge in [-0.3, -0.25) is 0 Å². The predicted molar refractivity (Wildman–Crippen MR) is 68.5 cm³/mol. The van der Waals surface area contributed by atoms with E-state index < -0.39 is 5.60 Å². The summed E-state index contributed by atoms with van der Waals surface area (Å²) >= 11 is 0. The van der Waals surface area contributed by atoms with E-state index in [1.807, 2.05) is 20.8 Å². The Labute approximate surface area is 109 Å². The van der Waals surface area contributed by atoms with E-state index in [2.05, 4.69) is 10.6 Å². The van der Waals surface area contributed by atoms with E-state index in [-0.39, 0.29) is 11.6 Å². The number of carbonyl (C=O) groups is 1. The van der Waals surface area contributed by atoms with Gasteiger partial charge in [0.05, 0.1) is 18.8 Å². The van der Waals surface area contributed by atoms with Crippen LogP contribution < -0.4 is 10.6 Å². The van der Waals surface area contributed by atoms with E-state index in [1.165, 1.54) is 0 Å². The SMILES string of the molecule is CC(C)(C)OC(=O)NC1(C2CCCNC2)COC1. The molecule has 0 saturated carbocycles. The van der Waals surface area contributed by atoms with Crippen LogP contribution in [0.25, 0.3) is 0 Å². The van der Waals surface area contributed by atoms with E-state index in [4.69, 9.17) is 9.47 Å². The maximum atomic E-state index is 11.9. The van der Waals surface area contributed by atoms with Crippen molar-refractivity contribution in [2.45, 2.75) is 44.8 Å². The van der Waals surface area contributed by atoms with Gasteiger partial charge in [0.15, 0.2) is 0 Å². The lowest BCUT2D eigenvalue weighted by atomic mass is 9.78. The van der Waals surface area contributed by atoms with Gasteiger partial charge in [0.25, 0.3) is 0 Å². The fraction of sp³-hybridized carbons (Fsp3) is 0.923. The van der Waals surface area contributed by atoms with Crippen molar-refractivity contribution in [1.29, 1.82) is 0 Å². The lowest BCUT2D eigenvalue weighted by Gasteiger charge is -2.48. The van der Waals surface area contributed by atoms with Gasteiger partial charge in [-0.25, -0.2) is 4.79 Å². The number of carbonyl (C=O) groups excluding carboxylic acids is 1. The fourth-order valence-corrected chi connectivity index (χ4v) is 2.56. The molecule has 1 unspecified atom stereocenters. The lowest BCUT2D eigenvalue weighted by molar-refractivity contribution is -0.107.